The molecule has 1 aliphatic rings. The Morgan fingerprint density at radius 3 is 1.89 bits per heavy atom. The van der Waals surface area contributed by atoms with Crippen molar-refractivity contribution in [2.24, 2.45) is 0 Å². The predicted molar refractivity (Wildman–Crippen MR) is 60.2 cm³/mol. The summed E-state index contributed by atoms with van der Waals surface area (Å²) in [5.74, 6) is 0. The number of hydrogen-bond acceptors (Lipinski definition) is 3. The number of hydrogen-bond donors (Lipinski definition) is 0. The molecular weight excluding hydrogens is 271 g/mol. The van der Waals surface area contributed by atoms with Crippen LogP contribution in [0.1, 0.15) is 39.5 Å². The molecule has 1 heterocycles. The third-order valence-electron chi connectivity index (χ3n) is 2.81. The van der Waals surface area contributed by atoms with Gasteiger partial charge in [0.25, 0.3) is 0 Å². The van der Waals surface area contributed by atoms with Crippen LogP contribution in [0.5, 0.6) is 0 Å². The largest absolute Gasteiger partial charge is 0.413 e. The van der Waals surface area contributed by atoms with E-state index in [1.165, 1.54) is 0 Å². The van der Waals surface area contributed by atoms with E-state index in [0.717, 1.165) is 17.1 Å². The number of halogens is 3. The lowest BCUT2D eigenvalue weighted by molar-refractivity contribution is -0.153. The van der Waals surface area contributed by atoms with Crippen molar-refractivity contribution in [3.05, 3.63) is 0 Å². The molecule has 0 bridgehead atoms. The van der Waals surface area contributed by atoms with Gasteiger partial charge in [0.1, 0.15) is 0 Å². The quantitative estimate of drug-likeness (QED) is 0.676. The summed E-state index contributed by atoms with van der Waals surface area (Å²) in [6.45, 7) is 2.05. The van der Waals surface area contributed by atoms with Gasteiger partial charge in [0.15, 0.2) is 6.61 Å². The molecule has 0 aliphatic carbocycles. The van der Waals surface area contributed by atoms with Crippen LogP contribution in [-0.4, -0.2) is 37.6 Å². The maximum atomic E-state index is 12.0. The van der Waals surface area contributed by atoms with Gasteiger partial charge in [0.05, 0.1) is 0 Å². The molecule has 0 saturated carbocycles. The van der Waals surface area contributed by atoms with Crippen molar-refractivity contribution in [1.82, 2.24) is 4.31 Å². The summed E-state index contributed by atoms with van der Waals surface area (Å²) >= 11 is 0. The molecule has 0 radical (unpaired) electrons. The maximum Gasteiger partial charge on any atom is 0.413 e. The van der Waals surface area contributed by atoms with E-state index >= 15 is 0 Å². The van der Waals surface area contributed by atoms with Crippen molar-refractivity contribution >= 4 is 10.3 Å². The van der Waals surface area contributed by atoms with E-state index in [2.05, 4.69) is 4.18 Å². The maximum absolute atomic E-state index is 12.0. The molecular formula is C10H18F3NO3S. The molecule has 0 N–H and O–H groups in total. The zero-order valence-electron chi connectivity index (χ0n) is 10.4. The van der Waals surface area contributed by atoms with Gasteiger partial charge in [-0.25, -0.2) is 4.18 Å². The highest BCUT2D eigenvalue weighted by molar-refractivity contribution is 7.84. The first-order valence-electron chi connectivity index (χ1n) is 5.97. The minimum Gasteiger partial charge on any atom is -0.248 e. The fraction of sp³-hybridized carbons (Fsp3) is 1.00. The first-order chi connectivity index (χ1) is 8.23. The van der Waals surface area contributed by atoms with Crippen LogP contribution in [0.3, 0.4) is 0 Å². The van der Waals surface area contributed by atoms with Crippen LogP contribution >= 0.6 is 0 Å². The molecule has 0 spiro atoms. The molecule has 18 heavy (non-hydrogen) atoms. The summed E-state index contributed by atoms with van der Waals surface area (Å²) in [7, 11) is -4.25. The molecule has 0 amide bonds. The Bertz CT molecular complexity index is 357. The van der Waals surface area contributed by atoms with Crippen molar-refractivity contribution in [2.75, 3.05) is 6.61 Å². The third kappa shape index (κ3) is 4.10. The first kappa shape index (κ1) is 15.7. The average Bonchev–Trinajstić information content (AvgIpc) is 2.90. The highest BCUT2D eigenvalue weighted by Crippen LogP contribution is 2.39. The zero-order chi connectivity index (χ0) is 14.0. The van der Waals surface area contributed by atoms with E-state index in [1.54, 1.807) is 0 Å². The molecule has 8 heteroatoms. The lowest BCUT2D eigenvalue weighted by Gasteiger charge is -2.09. The van der Waals surface area contributed by atoms with Crippen molar-refractivity contribution in [3.8, 4) is 0 Å². The molecule has 2 atom stereocenters. The lowest BCUT2D eigenvalue weighted by Crippen LogP contribution is -2.25. The first-order valence-corrected chi connectivity index (χ1v) is 7.34. The van der Waals surface area contributed by atoms with Gasteiger partial charge in [-0.15, -0.1) is 0 Å². The minimum absolute atomic E-state index is 0.201. The van der Waals surface area contributed by atoms with E-state index in [4.69, 9.17) is 0 Å². The van der Waals surface area contributed by atoms with Gasteiger partial charge in [-0.2, -0.15) is 25.9 Å². The van der Waals surface area contributed by atoms with Gasteiger partial charge in [0.2, 0.25) is 0 Å². The minimum atomic E-state index is -4.64. The van der Waals surface area contributed by atoms with E-state index < -0.39 is 23.1 Å². The smallest absolute Gasteiger partial charge is 0.248 e. The SMILES string of the molecule is CCCC1C(CCC)N1S(=O)(=O)OCC(F)(F)F. The second-order valence-electron chi connectivity index (χ2n) is 4.38. The second kappa shape index (κ2) is 5.75. The molecule has 0 aromatic carbocycles. The molecule has 2 unspecified atom stereocenters. The highest BCUT2D eigenvalue weighted by Gasteiger charge is 2.54. The van der Waals surface area contributed by atoms with Crippen molar-refractivity contribution in [3.63, 3.8) is 0 Å². The van der Waals surface area contributed by atoms with Gasteiger partial charge >= 0.3 is 16.5 Å². The second-order valence-corrected chi connectivity index (χ2v) is 5.89. The van der Waals surface area contributed by atoms with Crippen molar-refractivity contribution < 1.29 is 25.8 Å². The van der Waals surface area contributed by atoms with Crippen LogP contribution in [0.4, 0.5) is 13.2 Å². The lowest BCUT2D eigenvalue weighted by atomic mass is 10.1. The fourth-order valence-electron chi connectivity index (χ4n) is 2.07. The summed E-state index contributed by atoms with van der Waals surface area (Å²) in [5.41, 5.74) is 0. The van der Waals surface area contributed by atoms with Gasteiger partial charge in [-0.1, -0.05) is 26.7 Å². The zero-order valence-corrected chi connectivity index (χ0v) is 11.2. The molecule has 1 saturated heterocycles. The molecule has 1 rings (SSSR count). The van der Waals surface area contributed by atoms with Gasteiger partial charge in [-0.05, 0) is 12.8 Å². The van der Waals surface area contributed by atoms with Crippen molar-refractivity contribution in [2.45, 2.75) is 57.8 Å². The Kier molecular flexibility index (Phi) is 5.02. The normalized spacial score (nSPS) is 28.4. The summed E-state index contributed by atoms with van der Waals surface area (Å²) in [4.78, 5) is 0. The fourth-order valence-corrected chi connectivity index (χ4v) is 3.58. The summed E-state index contributed by atoms with van der Waals surface area (Å²) < 4.78 is 64.2. The number of alkyl halides is 3. The molecule has 0 aromatic rings. The van der Waals surface area contributed by atoms with Gasteiger partial charge in [-0.3, -0.25) is 0 Å². The monoisotopic (exact) mass is 289 g/mol. The van der Waals surface area contributed by atoms with E-state index in [0.29, 0.717) is 12.8 Å². The van der Waals surface area contributed by atoms with Crippen molar-refractivity contribution in [1.29, 1.82) is 0 Å². The molecule has 108 valence electrons. The third-order valence-corrected chi connectivity index (χ3v) is 4.28. The standard InChI is InChI=1S/C10H18F3NO3S/c1-3-5-8-9(6-4-2)14(8)18(15,16)17-7-10(11,12)13/h8-9H,3-7H2,1-2H3. The molecule has 1 aliphatic heterocycles. The van der Waals surface area contributed by atoms with E-state index in [9.17, 15) is 21.6 Å². The highest BCUT2D eigenvalue weighted by atomic mass is 32.2. The topological polar surface area (TPSA) is 46.4 Å². The Morgan fingerprint density at radius 2 is 1.56 bits per heavy atom. The Morgan fingerprint density at radius 1 is 1.11 bits per heavy atom. The van der Waals surface area contributed by atoms with E-state index in [-0.39, 0.29) is 12.1 Å². The summed E-state index contributed by atoms with van der Waals surface area (Å²) in [6.07, 6.45) is -1.76. The van der Waals surface area contributed by atoms with Crippen LogP contribution < -0.4 is 0 Å². The van der Waals surface area contributed by atoms with Crippen LogP contribution in [-0.2, 0) is 14.5 Å². The molecule has 4 nitrogen and oxygen atoms in total. The predicted octanol–water partition coefficient (Wildman–Crippen LogP) is 2.46. The number of nitrogens with zero attached hydrogens (tertiary/aromatic N) is 1. The molecule has 0 aromatic heterocycles. The summed E-state index contributed by atoms with van der Waals surface area (Å²) in [5, 5.41) is 0. The van der Waals surface area contributed by atoms with Crippen LogP contribution in [0.2, 0.25) is 0 Å². The van der Waals surface area contributed by atoms with Crippen LogP contribution in [0.15, 0.2) is 0 Å². The Labute approximate surface area is 105 Å². The van der Waals surface area contributed by atoms with Gasteiger partial charge < -0.3 is 0 Å². The Balaban J connectivity index is 2.62. The Hall–Kier alpha value is -0.340. The van der Waals surface area contributed by atoms with Crippen LogP contribution in [0.25, 0.3) is 0 Å². The average molecular weight is 289 g/mol. The number of rotatable bonds is 7. The summed E-state index contributed by atoms with van der Waals surface area (Å²) in [6, 6.07) is -0.402. The molecule has 1 fully saturated rings. The van der Waals surface area contributed by atoms with Crippen LogP contribution in [0, 0.1) is 0 Å². The van der Waals surface area contributed by atoms with E-state index in [1.807, 2.05) is 13.8 Å². The van der Waals surface area contributed by atoms with Gasteiger partial charge in [0, 0.05) is 12.1 Å².